The van der Waals surface area contributed by atoms with Crippen LogP contribution in [-0.4, -0.2) is 34.9 Å². The van der Waals surface area contributed by atoms with Crippen LogP contribution in [0.15, 0.2) is 30.3 Å². The number of ether oxygens (including phenoxy) is 1. The first-order chi connectivity index (χ1) is 13.7. The lowest BCUT2D eigenvalue weighted by Crippen LogP contribution is -2.52. The number of carbonyl (C=O) groups is 2. The lowest BCUT2D eigenvalue weighted by molar-refractivity contribution is -0.125. The van der Waals surface area contributed by atoms with E-state index in [1.54, 1.807) is 36.1 Å². The summed E-state index contributed by atoms with van der Waals surface area (Å²) in [5, 5.41) is 16.4. The van der Waals surface area contributed by atoms with Crippen LogP contribution < -0.4 is 26.0 Å². The van der Waals surface area contributed by atoms with E-state index in [0.29, 0.717) is 23.7 Å². The highest BCUT2D eigenvalue weighted by Crippen LogP contribution is 2.26. The predicted molar refractivity (Wildman–Crippen MR) is 111 cm³/mol. The molecule has 2 atom stereocenters. The Morgan fingerprint density at radius 3 is 2.69 bits per heavy atom. The van der Waals surface area contributed by atoms with Gasteiger partial charge in [-0.2, -0.15) is 5.10 Å². The molecular weight excluding hydrogens is 372 g/mol. The summed E-state index contributed by atoms with van der Waals surface area (Å²) in [4.78, 5) is 24.6. The van der Waals surface area contributed by atoms with E-state index < -0.39 is 12.3 Å². The fourth-order valence-electron chi connectivity index (χ4n) is 3.02. The highest BCUT2D eigenvalue weighted by atomic mass is 16.5. The molecule has 3 amide bonds. The van der Waals surface area contributed by atoms with Crippen LogP contribution in [0.3, 0.4) is 0 Å². The van der Waals surface area contributed by atoms with Crippen LogP contribution in [0.1, 0.15) is 46.1 Å². The molecule has 0 spiro atoms. The number of nitrogens with one attached hydrogen (secondary N) is 4. The van der Waals surface area contributed by atoms with E-state index >= 15 is 0 Å². The molecule has 1 aliphatic rings. The van der Waals surface area contributed by atoms with Gasteiger partial charge in [-0.15, -0.1) is 0 Å². The summed E-state index contributed by atoms with van der Waals surface area (Å²) in [6, 6.07) is 8.47. The maximum atomic E-state index is 12.6. The average Bonchev–Trinajstić information content (AvgIpc) is 3.05. The number of aromatic nitrogens is 2. The van der Waals surface area contributed by atoms with Gasteiger partial charge >= 0.3 is 6.03 Å². The fourth-order valence-corrected chi connectivity index (χ4v) is 3.02. The zero-order valence-corrected chi connectivity index (χ0v) is 17.4. The number of nitrogens with zero attached hydrogens (tertiary/aromatic N) is 2. The van der Waals surface area contributed by atoms with Crippen LogP contribution in [0.4, 0.5) is 16.3 Å². The van der Waals surface area contributed by atoms with Crippen molar-refractivity contribution in [2.45, 2.75) is 51.9 Å². The van der Waals surface area contributed by atoms with Gasteiger partial charge in [0.2, 0.25) is 5.91 Å². The Labute approximate surface area is 170 Å². The van der Waals surface area contributed by atoms with Gasteiger partial charge < -0.3 is 15.4 Å². The van der Waals surface area contributed by atoms with Crippen molar-refractivity contribution in [3.05, 3.63) is 36.0 Å². The quantitative estimate of drug-likeness (QED) is 0.631. The van der Waals surface area contributed by atoms with Crippen LogP contribution in [-0.2, 0) is 10.2 Å². The number of hydrogen-bond donors (Lipinski definition) is 4. The first kappa shape index (κ1) is 20.7. The second-order valence-corrected chi connectivity index (χ2v) is 8.16. The molecule has 1 aromatic heterocycles. The van der Waals surface area contributed by atoms with Crippen molar-refractivity contribution >= 4 is 23.4 Å². The zero-order valence-electron chi connectivity index (χ0n) is 17.4. The van der Waals surface area contributed by atoms with Gasteiger partial charge in [0.25, 0.3) is 0 Å². The number of urea groups is 1. The molecule has 29 heavy (non-hydrogen) atoms. The number of hydrogen-bond acceptors (Lipinski definition) is 5. The summed E-state index contributed by atoms with van der Waals surface area (Å²) in [5.74, 6) is 1.05. The number of amides is 3. The minimum Gasteiger partial charge on any atom is -0.497 e. The first-order valence-electron chi connectivity index (χ1n) is 9.53. The third-order valence-electron chi connectivity index (χ3n) is 4.55. The normalized spacial score (nSPS) is 19.4. The summed E-state index contributed by atoms with van der Waals surface area (Å²) in [6.45, 7) is 8.04. The predicted octanol–water partition coefficient (Wildman–Crippen LogP) is 2.79. The summed E-state index contributed by atoms with van der Waals surface area (Å²) in [7, 11) is 1.57. The molecule has 9 heteroatoms. The molecule has 9 nitrogen and oxygen atoms in total. The molecule has 156 valence electrons. The van der Waals surface area contributed by atoms with Gasteiger partial charge in [-0.05, 0) is 19.1 Å². The Kier molecular flexibility index (Phi) is 5.78. The maximum absolute atomic E-state index is 12.6. The largest absolute Gasteiger partial charge is 0.497 e. The van der Waals surface area contributed by atoms with Crippen LogP contribution in [0.25, 0.3) is 0 Å². The Hall–Kier alpha value is -3.07. The van der Waals surface area contributed by atoms with E-state index in [9.17, 15) is 9.59 Å². The number of benzene rings is 1. The van der Waals surface area contributed by atoms with Crippen molar-refractivity contribution in [1.82, 2.24) is 20.4 Å². The van der Waals surface area contributed by atoms with Crippen molar-refractivity contribution < 1.29 is 14.3 Å². The fraction of sp³-hybridized carbons (Fsp3) is 0.450. The Balaban J connectivity index is 1.84. The van der Waals surface area contributed by atoms with Crippen molar-refractivity contribution in [3.63, 3.8) is 0 Å². The Morgan fingerprint density at radius 1 is 1.28 bits per heavy atom. The molecule has 2 unspecified atom stereocenters. The molecule has 1 aliphatic heterocycles. The smallest absolute Gasteiger partial charge is 0.324 e. The van der Waals surface area contributed by atoms with Crippen molar-refractivity contribution in [3.8, 4) is 5.75 Å². The zero-order chi connectivity index (χ0) is 21.2. The van der Waals surface area contributed by atoms with Crippen LogP contribution in [0.2, 0.25) is 0 Å². The van der Waals surface area contributed by atoms with E-state index in [4.69, 9.17) is 4.74 Å². The third-order valence-corrected chi connectivity index (χ3v) is 4.55. The van der Waals surface area contributed by atoms with Gasteiger partial charge in [0, 0.05) is 35.7 Å². The van der Waals surface area contributed by atoms with E-state index in [1.165, 1.54) is 0 Å². The molecule has 1 fully saturated rings. The molecule has 1 aromatic carbocycles. The molecule has 1 saturated heterocycles. The van der Waals surface area contributed by atoms with Crippen molar-refractivity contribution in [1.29, 1.82) is 0 Å². The monoisotopic (exact) mass is 400 g/mol. The summed E-state index contributed by atoms with van der Waals surface area (Å²) in [5.41, 5.74) is 1.17. The Bertz CT molecular complexity index is 902. The molecule has 3 rings (SSSR count). The second kappa shape index (κ2) is 8.12. The van der Waals surface area contributed by atoms with E-state index in [1.807, 2.05) is 33.8 Å². The van der Waals surface area contributed by atoms with Crippen molar-refractivity contribution in [2.75, 3.05) is 17.7 Å². The van der Waals surface area contributed by atoms with Gasteiger partial charge in [-0.1, -0.05) is 26.8 Å². The van der Waals surface area contributed by atoms with Crippen LogP contribution in [0, 0.1) is 0 Å². The standard InChI is InChI=1S/C20H28N6O3/c1-12-9-17(27)24-18(21-12)26-16(11-15(25-26)20(2,3)4)23-19(28)22-13-7-6-8-14(10-13)29-5/h6-8,10-12,18,21H,9H2,1-5H3,(H,24,27)(H2,22,23,28). The minimum absolute atomic E-state index is 0.00510. The molecule has 0 saturated carbocycles. The number of rotatable bonds is 4. The highest BCUT2D eigenvalue weighted by molar-refractivity contribution is 5.99. The Morgan fingerprint density at radius 2 is 2.03 bits per heavy atom. The summed E-state index contributed by atoms with van der Waals surface area (Å²) in [6.07, 6.45) is -0.155. The van der Waals surface area contributed by atoms with Crippen molar-refractivity contribution in [2.24, 2.45) is 0 Å². The van der Waals surface area contributed by atoms with Gasteiger partial charge in [0.05, 0.1) is 12.8 Å². The van der Waals surface area contributed by atoms with Crippen LogP contribution >= 0.6 is 0 Å². The van der Waals surface area contributed by atoms with E-state index in [-0.39, 0.29) is 17.4 Å². The minimum atomic E-state index is -0.547. The number of methoxy groups -OCH3 is 1. The summed E-state index contributed by atoms with van der Waals surface area (Å²) >= 11 is 0. The van der Waals surface area contributed by atoms with Crippen LogP contribution in [0.5, 0.6) is 5.75 Å². The molecule has 4 N–H and O–H groups in total. The number of carbonyl (C=O) groups excluding carboxylic acids is 2. The van der Waals surface area contributed by atoms with Gasteiger partial charge in [0.1, 0.15) is 11.6 Å². The second-order valence-electron chi connectivity index (χ2n) is 8.16. The molecule has 0 aliphatic carbocycles. The van der Waals surface area contributed by atoms with Gasteiger partial charge in [-0.25, -0.2) is 9.48 Å². The molecular formula is C20H28N6O3. The SMILES string of the molecule is COc1cccc(NC(=O)Nc2cc(C(C)(C)C)nn2C2NC(=O)CC(C)N2)c1. The average molecular weight is 400 g/mol. The molecule has 0 radical (unpaired) electrons. The lowest BCUT2D eigenvalue weighted by Gasteiger charge is -2.30. The first-order valence-corrected chi connectivity index (χ1v) is 9.53. The molecule has 0 bridgehead atoms. The molecule has 2 heterocycles. The number of anilines is 2. The highest BCUT2D eigenvalue weighted by Gasteiger charge is 2.29. The van der Waals surface area contributed by atoms with Gasteiger partial charge in [-0.3, -0.25) is 15.4 Å². The third kappa shape index (κ3) is 5.05. The van der Waals surface area contributed by atoms with Gasteiger partial charge in [0.15, 0.2) is 6.29 Å². The topological polar surface area (TPSA) is 109 Å². The van der Waals surface area contributed by atoms with E-state index in [0.717, 1.165) is 5.69 Å². The molecule has 2 aromatic rings. The maximum Gasteiger partial charge on any atom is 0.324 e. The van der Waals surface area contributed by atoms with E-state index in [2.05, 4.69) is 26.4 Å². The lowest BCUT2D eigenvalue weighted by atomic mass is 9.92. The summed E-state index contributed by atoms with van der Waals surface area (Å²) < 4.78 is 6.78.